The number of rotatable bonds is 3. The third-order valence-corrected chi connectivity index (χ3v) is 3.33. The molecule has 1 heteroatoms. The minimum Gasteiger partial charge on any atom is -0.364 e. The van der Waals surface area contributed by atoms with E-state index in [-0.39, 0.29) is 6.10 Å². The summed E-state index contributed by atoms with van der Waals surface area (Å²) in [6.07, 6.45) is 2.33. The Morgan fingerprint density at radius 1 is 0.944 bits per heavy atom. The second-order valence-corrected chi connectivity index (χ2v) is 4.69. The van der Waals surface area contributed by atoms with Gasteiger partial charge in [-0.2, -0.15) is 0 Å². The van der Waals surface area contributed by atoms with E-state index in [1.807, 2.05) is 18.2 Å². The summed E-state index contributed by atoms with van der Waals surface area (Å²) in [5, 5.41) is 0. The maximum Gasteiger partial charge on any atom is 0.105 e. The summed E-state index contributed by atoms with van der Waals surface area (Å²) in [6, 6.07) is 18.8. The van der Waals surface area contributed by atoms with Crippen molar-refractivity contribution in [3.05, 3.63) is 76.9 Å². The molecule has 0 N–H and O–H groups in total. The van der Waals surface area contributed by atoms with Gasteiger partial charge in [0.15, 0.2) is 0 Å². The molecule has 0 amide bonds. The zero-order valence-electron chi connectivity index (χ0n) is 10.5. The summed E-state index contributed by atoms with van der Waals surface area (Å²) < 4.78 is 6.06. The Kier molecular flexibility index (Phi) is 2.99. The maximum atomic E-state index is 6.06. The Balaban J connectivity index is 1.76. The smallest absolute Gasteiger partial charge is 0.105 e. The van der Waals surface area contributed by atoms with Crippen molar-refractivity contribution < 1.29 is 4.74 Å². The first kappa shape index (κ1) is 11.2. The number of hydrogen-bond acceptors (Lipinski definition) is 1. The molecule has 1 aliphatic rings. The molecule has 90 valence electrons. The van der Waals surface area contributed by atoms with Gasteiger partial charge >= 0.3 is 0 Å². The van der Waals surface area contributed by atoms with Crippen molar-refractivity contribution in [1.82, 2.24) is 0 Å². The van der Waals surface area contributed by atoms with Crippen molar-refractivity contribution in [2.75, 3.05) is 0 Å². The zero-order chi connectivity index (χ0) is 12.4. The fourth-order valence-electron chi connectivity index (χ4n) is 2.42. The Labute approximate surface area is 108 Å². The van der Waals surface area contributed by atoms with Crippen LogP contribution in [-0.4, -0.2) is 0 Å². The monoisotopic (exact) mass is 236 g/mol. The lowest BCUT2D eigenvalue weighted by Crippen LogP contribution is -2.03. The molecule has 0 spiro atoms. The minimum absolute atomic E-state index is 0.112. The molecule has 1 unspecified atom stereocenters. The Bertz CT molecular complexity index is 569. The highest BCUT2D eigenvalue weighted by Gasteiger charge is 2.22. The first-order chi connectivity index (χ1) is 8.84. The molecule has 0 radical (unpaired) electrons. The zero-order valence-corrected chi connectivity index (χ0v) is 10.5. The van der Waals surface area contributed by atoms with Crippen LogP contribution in [0.1, 0.15) is 29.7 Å². The van der Waals surface area contributed by atoms with Gasteiger partial charge in [-0.05, 0) is 29.2 Å². The molecule has 1 nitrogen and oxygen atoms in total. The SMILES string of the molecule is CC1=Cc2ccccc2C1OCc1ccccc1. The van der Waals surface area contributed by atoms with Gasteiger partial charge in [0.2, 0.25) is 0 Å². The average Bonchev–Trinajstić information content (AvgIpc) is 2.73. The van der Waals surface area contributed by atoms with E-state index in [1.54, 1.807) is 0 Å². The number of hydrogen-bond donors (Lipinski definition) is 0. The molecule has 0 bridgehead atoms. The predicted molar refractivity (Wildman–Crippen MR) is 74.1 cm³/mol. The highest BCUT2D eigenvalue weighted by molar-refractivity contribution is 5.64. The van der Waals surface area contributed by atoms with Gasteiger partial charge in [-0.15, -0.1) is 0 Å². The van der Waals surface area contributed by atoms with E-state index in [2.05, 4.69) is 49.4 Å². The second-order valence-electron chi connectivity index (χ2n) is 4.69. The highest BCUT2D eigenvalue weighted by atomic mass is 16.5. The molecule has 0 aliphatic heterocycles. The number of benzene rings is 2. The van der Waals surface area contributed by atoms with Crippen LogP contribution in [0.25, 0.3) is 6.08 Å². The lowest BCUT2D eigenvalue weighted by atomic mass is 10.1. The molecular weight excluding hydrogens is 220 g/mol. The van der Waals surface area contributed by atoms with Crippen LogP contribution in [0.3, 0.4) is 0 Å². The first-order valence-corrected chi connectivity index (χ1v) is 6.27. The van der Waals surface area contributed by atoms with E-state index in [9.17, 15) is 0 Å². The van der Waals surface area contributed by atoms with Crippen LogP contribution < -0.4 is 0 Å². The lowest BCUT2D eigenvalue weighted by molar-refractivity contribution is 0.0665. The topological polar surface area (TPSA) is 9.23 Å². The van der Waals surface area contributed by atoms with Gasteiger partial charge in [0.1, 0.15) is 6.10 Å². The van der Waals surface area contributed by atoms with Gasteiger partial charge in [0.25, 0.3) is 0 Å². The number of fused-ring (bicyclic) bond motifs is 1. The van der Waals surface area contributed by atoms with E-state index < -0.39 is 0 Å². The van der Waals surface area contributed by atoms with Crippen LogP contribution >= 0.6 is 0 Å². The van der Waals surface area contributed by atoms with Gasteiger partial charge in [0, 0.05) is 0 Å². The Morgan fingerprint density at radius 3 is 2.50 bits per heavy atom. The van der Waals surface area contributed by atoms with Crippen molar-refractivity contribution in [2.24, 2.45) is 0 Å². The van der Waals surface area contributed by atoms with Gasteiger partial charge in [-0.25, -0.2) is 0 Å². The molecule has 1 atom stereocenters. The molecule has 2 aromatic rings. The summed E-state index contributed by atoms with van der Waals surface area (Å²) in [4.78, 5) is 0. The summed E-state index contributed by atoms with van der Waals surface area (Å²) in [5.74, 6) is 0. The lowest BCUT2D eigenvalue weighted by Gasteiger charge is -2.15. The number of ether oxygens (including phenoxy) is 1. The first-order valence-electron chi connectivity index (χ1n) is 6.27. The van der Waals surface area contributed by atoms with E-state index in [0.29, 0.717) is 6.61 Å². The van der Waals surface area contributed by atoms with E-state index in [4.69, 9.17) is 4.74 Å². The fraction of sp³-hybridized carbons (Fsp3) is 0.176. The van der Waals surface area contributed by atoms with Gasteiger partial charge in [0.05, 0.1) is 6.61 Å². The summed E-state index contributed by atoms with van der Waals surface area (Å²) in [7, 11) is 0. The molecule has 18 heavy (non-hydrogen) atoms. The largest absolute Gasteiger partial charge is 0.364 e. The van der Waals surface area contributed by atoms with Crippen molar-refractivity contribution in [3.8, 4) is 0 Å². The quantitative estimate of drug-likeness (QED) is 0.769. The normalized spacial score (nSPS) is 17.4. The third-order valence-electron chi connectivity index (χ3n) is 3.33. The van der Waals surface area contributed by atoms with Crippen molar-refractivity contribution in [2.45, 2.75) is 19.6 Å². The Morgan fingerprint density at radius 2 is 1.67 bits per heavy atom. The van der Waals surface area contributed by atoms with Crippen molar-refractivity contribution in [3.63, 3.8) is 0 Å². The summed E-state index contributed by atoms with van der Waals surface area (Å²) in [6.45, 7) is 2.79. The van der Waals surface area contributed by atoms with Gasteiger partial charge < -0.3 is 4.74 Å². The van der Waals surface area contributed by atoms with E-state index in [0.717, 1.165) is 0 Å². The molecule has 0 saturated carbocycles. The fourth-order valence-corrected chi connectivity index (χ4v) is 2.42. The summed E-state index contributed by atoms with van der Waals surface area (Å²) >= 11 is 0. The van der Waals surface area contributed by atoms with Crippen LogP contribution in [0.4, 0.5) is 0 Å². The van der Waals surface area contributed by atoms with Gasteiger partial charge in [-0.1, -0.05) is 60.7 Å². The van der Waals surface area contributed by atoms with Crippen molar-refractivity contribution >= 4 is 6.08 Å². The van der Waals surface area contributed by atoms with E-state index in [1.165, 1.54) is 22.3 Å². The molecule has 2 aromatic carbocycles. The molecule has 0 fully saturated rings. The van der Waals surface area contributed by atoms with Gasteiger partial charge in [-0.3, -0.25) is 0 Å². The maximum absolute atomic E-state index is 6.06. The molecule has 0 saturated heterocycles. The minimum atomic E-state index is 0.112. The Hall–Kier alpha value is -1.86. The molecule has 0 aromatic heterocycles. The standard InChI is InChI=1S/C17H16O/c1-13-11-15-9-5-6-10-16(15)17(13)18-12-14-7-3-2-4-8-14/h2-11,17H,12H2,1H3. The van der Waals surface area contributed by atoms with Crippen molar-refractivity contribution in [1.29, 1.82) is 0 Å². The van der Waals surface area contributed by atoms with Crippen LogP contribution in [0.15, 0.2) is 60.2 Å². The highest BCUT2D eigenvalue weighted by Crippen LogP contribution is 2.36. The van der Waals surface area contributed by atoms with Crippen LogP contribution in [0.5, 0.6) is 0 Å². The van der Waals surface area contributed by atoms with E-state index >= 15 is 0 Å². The molecular formula is C17H16O. The summed E-state index contributed by atoms with van der Waals surface area (Å²) in [5.41, 5.74) is 5.07. The average molecular weight is 236 g/mol. The molecule has 3 rings (SSSR count). The predicted octanol–water partition coefficient (Wildman–Crippen LogP) is 4.36. The third kappa shape index (κ3) is 2.09. The molecule has 1 aliphatic carbocycles. The van der Waals surface area contributed by atoms with Crippen LogP contribution in [-0.2, 0) is 11.3 Å². The van der Waals surface area contributed by atoms with Crippen LogP contribution in [0.2, 0.25) is 0 Å². The second kappa shape index (κ2) is 4.79. The van der Waals surface area contributed by atoms with Crippen LogP contribution in [0, 0.1) is 0 Å². The molecule has 0 heterocycles.